The quantitative estimate of drug-likeness (QED) is 0.616. The Hall–Kier alpha value is -0.520. The van der Waals surface area contributed by atoms with Gasteiger partial charge in [-0.2, -0.15) is 0 Å². The largest absolute Gasteiger partial charge is 0.393 e. The van der Waals surface area contributed by atoms with Crippen LogP contribution in [0, 0.1) is 23.7 Å². The molecular weight excluding hydrogens is 200 g/mol. The Bertz CT molecular complexity index is 234. The standard InChI is InChI=1S/C14H22O2/c15-13-7-3-11(4-8-13)1-2-12-5-9-14(16)10-6-12/h11-16H,3-10H2. The lowest BCUT2D eigenvalue weighted by Crippen LogP contribution is -2.18. The topological polar surface area (TPSA) is 40.5 Å². The third-order valence-corrected chi connectivity index (χ3v) is 3.88. The molecule has 2 fully saturated rings. The van der Waals surface area contributed by atoms with E-state index in [9.17, 15) is 10.2 Å². The molecule has 0 radical (unpaired) electrons. The molecule has 0 atom stereocenters. The fourth-order valence-corrected chi connectivity index (χ4v) is 2.68. The second kappa shape index (κ2) is 5.70. The summed E-state index contributed by atoms with van der Waals surface area (Å²) in [5, 5.41) is 18.8. The summed E-state index contributed by atoms with van der Waals surface area (Å²) in [4.78, 5) is 0. The predicted octanol–water partition coefficient (Wildman–Crippen LogP) is 2.09. The fourth-order valence-electron chi connectivity index (χ4n) is 2.68. The van der Waals surface area contributed by atoms with Crippen LogP contribution in [0.2, 0.25) is 0 Å². The van der Waals surface area contributed by atoms with E-state index in [1.54, 1.807) is 0 Å². The zero-order chi connectivity index (χ0) is 11.4. The Kier molecular flexibility index (Phi) is 4.26. The van der Waals surface area contributed by atoms with Crippen LogP contribution in [0.25, 0.3) is 0 Å². The molecule has 0 aromatic carbocycles. The van der Waals surface area contributed by atoms with Crippen LogP contribution >= 0.6 is 0 Å². The van der Waals surface area contributed by atoms with Gasteiger partial charge in [0.2, 0.25) is 0 Å². The molecule has 0 heterocycles. The van der Waals surface area contributed by atoms with Crippen LogP contribution < -0.4 is 0 Å². The van der Waals surface area contributed by atoms with Crippen LogP contribution in [0.1, 0.15) is 51.4 Å². The number of aliphatic hydroxyl groups excluding tert-OH is 2. The van der Waals surface area contributed by atoms with Crippen LogP contribution in [-0.2, 0) is 0 Å². The Morgan fingerprint density at radius 3 is 1.19 bits per heavy atom. The summed E-state index contributed by atoms with van der Waals surface area (Å²) in [6.45, 7) is 0. The van der Waals surface area contributed by atoms with Gasteiger partial charge in [0.25, 0.3) is 0 Å². The molecule has 0 spiro atoms. The molecule has 2 heteroatoms. The van der Waals surface area contributed by atoms with Gasteiger partial charge >= 0.3 is 0 Å². The zero-order valence-electron chi connectivity index (χ0n) is 9.86. The maximum Gasteiger partial charge on any atom is 0.0541 e. The molecule has 0 aliphatic heterocycles. The Morgan fingerprint density at radius 1 is 0.562 bits per heavy atom. The summed E-state index contributed by atoms with van der Waals surface area (Å²) in [5.41, 5.74) is 0. The van der Waals surface area contributed by atoms with Crippen molar-refractivity contribution in [2.45, 2.75) is 63.6 Å². The number of rotatable bonds is 0. The van der Waals surface area contributed by atoms with E-state index in [0.29, 0.717) is 11.8 Å². The van der Waals surface area contributed by atoms with E-state index in [4.69, 9.17) is 0 Å². The molecule has 16 heavy (non-hydrogen) atoms. The van der Waals surface area contributed by atoms with Gasteiger partial charge in [0, 0.05) is 11.8 Å². The number of hydrogen-bond acceptors (Lipinski definition) is 2. The smallest absolute Gasteiger partial charge is 0.0541 e. The average Bonchev–Trinajstić information content (AvgIpc) is 2.30. The molecule has 0 bridgehead atoms. The third-order valence-electron chi connectivity index (χ3n) is 3.88. The zero-order valence-corrected chi connectivity index (χ0v) is 9.86. The SMILES string of the molecule is OC1CCC(C#CC2CCC(O)CC2)CC1. The highest BCUT2D eigenvalue weighted by Crippen LogP contribution is 2.26. The van der Waals surface area contributed by atoms with Gasteiger partial charge in [0.05, 0.1) is 12.2 Å². The van der Waals surface area contributed by atoms with Gasteiger partial charge in [0.1, 0.15) is 0 Å². The van der Waals surface area contributed by atoms with E-state index in [1.165, 1.54) is 0 Å². The molecule has 90 valence electrons. The fraction of sp³-hybridized carbons (Fsp3) is 0.857. The third kappa shape index (κ3) is 3.50. The molecule has 0 unspecified atom stereocenters. The lowest BCUT2D eigenvalue weighted by molar-refractivity contribution is 0.117. The van der Waals surface area contributed by atoms with Crippen LogP contribution in [-0.4, -0.2) is 22.4 Å². The summed E-state index contributed by atoms with van der Waals surface area (Å²) in [7, 11) is 0. The van der Waals surface area contributed by atoms with Crippen molar-refractivity contribution in [3.8, 4) is 11.8 Å². The first-order chi connectivity index (χ1) is 7.74. The second-order valence-electron chi connectivity index (χ2n) is 5.30. The van der Waals surface area contributed by atoms with Crippen molar-refractivity contribution in [2.75, 3.05) is 0 Å². The molecule has 0 aromatic heterocycles. The summed E-state index contributed by atoms with van der Waals surface area (Å²) >= 11 is 0. The van der Waals surface area contributed by atoms with Gasteiger partial charge in [-0.05, 0) is 51.4 Å². The van der Waals surface area contributed by atoms with Crippen molar-refractivity contribution in [1.29, 1.82) is 0 Å². The van der Waals surface area contributed by atoms with Crippen molar-refractivity contribution in [3.05, 3.63) is 0 Å². The maximum absolute atomic E-state index is 9.40. The Balaban J connectivity index is 1.76. The summed E-state index contributed by atoms with van der Waals surface area (Å²) < 4.78 is 0. The van der Waals surface area contributed by atoms with Gasteiger partial charge in [-0.25, -0.2) is 0 Å². The lowest BCUT2D eigenvalue weighted by atomic mass is 9.85. The maximum atomic E-state index is 9.40. The second-order valence-corrected chi connectivity index (χ2v) is 5.30. The molecule has 2 saturated carbocycles. The molecule has 0 amide bonds. The Morgan fingerprint density at radius 2 is 0.875 bits per heavy atom. The molecule has 2 nitrogen and oxygen atoms in total. The average molecular weight is 222 g/mol. The van der Waals surface area contributed by atoms with Gasteiger partial charge in [0.15, 0.2) is 0 Å². The summed E-state index contributed by atoms with van der Waals surface area (Å²) in [6.07, 6.45) is 7.75. The van der Waals surface area contributed by atoms with Crippen LogP contribution in [0.15, 0.2) is 0 Å². The van der Waals surface area contributed by atoms with Gasteiger partial charge in [-0.3, -0.25) is 0 Å². The highest BCUT2D eigenvalue weighted by atomic mass is 16.3. The van der Waals surface area contributed by atoms with E-state index in [0.717, 1.165) is 51.4 Å². The van der Waals surface area contributed by atoms with Crippen molar-refractivity contribution >= 4 is 0 Å². The van der Waals surface area contributed by atoms with Crippen LogP contribution in [0.3, 0.4) is 0 Å². The monoisotopic (exact) mass is 222 g/mol. The predicted molar refractivity (Wildman–Crippen MR) is 63.7 cm³/mol. The number of hydrogen-bond donors (Lipinski definition) is 2. The van der Waals surface area contributed by atoms with E-state index >= 15 is 0 Å². The normalized spacial score (nSPS) is 39.9. The van der Waals surface area contributed by atoms with E-state index in [1.807, 2.05) is 0 Å². The minimum absolute atomic E-state index is 0.0807. The molecule has 2 aliphatic carbocycles. The number of aliphatic hydroxyl groups is 2. The molecule has 0 saturated heterocycles. The summed E-state index contributed by atoms with van der Waals surface area (Å²) in [6, 6.07) is 0. The highest BCUT2D eigenvalue weighted by Gasteiger charge is 2.19. The van der Waals surface area contributed by atoms with Gasteiger partial charge in [-0.15, -0.1) is 0 Å². The highest BCUT2D eigenvalue weighted by molar-refractivity contribution is 5.09. The minimum atomic E-state index is -0.0807. The van der Waals surface area contributed by atoms with Crippen molar-refractivity contribution in [3.63, 3.8) is 0 Å². The first-order valence-corrected chi connectivity index (χ1v) is 6.61. The van der Waals surface area contributed by atoms with Crippen LogP contribution in [0.4, 0.5) is 0 Å². The molecule has 2 rings (SSSR count). The molecule has 2 N–H and O–H groups in total. The molecular formula is C14H22O2. The summed E-state index contributed by atoms with van der Waals surface area (Å²) in [5.74, 6) is 7.79. The first-order valence-electron chi connectivity index (χ1n) is 6.61. The van der Waals surface area contributed by atoms with Crippen LogP contribution in [0.5, 0.6) is 0 Å². The van der Waals surface area contributed by atoms with Crippen molar-refractivity contribution in [1.82, 2.24) is 0 Å². The van der Waals surface area contributed by atoms with Gasteiger partial charge < -0.3 is 10.2 Å². The molecule has 2 aliphatic rings. The van der Waals surface area contributed by atoms with E-state index in [-0.39, 0.29) is 12.2 Å². The Labute approximate surface area is 98.1 Å². The first kappa shape index (κ1) is 12.0. The van der Waals surface area contributed by atoms with Gasteiger partial charge in [-0.1, -0.05) is 11.8 Å². The van der Waals surface area contributed by atoms with Crippen molar-refractivity contribution in [2.24, 2.45) is 11.8 Å². The molecule has 0 aromatic rings. The van der Waals surface area contributed by atoms with Crippen molar-refractivity contribution < 1.29 is 10.2 Å². The van der Waals surface area contributed by atoms with E-state index in [2.05, 4.69) is 11.8 Å². The lowest BCUT2D eigenvalue weighted by Gasteiger charge is -2.23. The van der Waals surface area contributed by atoms with E-state index < -0.39 is 0 Å². The minimum Gasteiger partial charge on any atom is -0.393 e.